The Balaban J connectivity index is 1.82. The van der Waals surface area contributed by atoms with Crippen molar-refractivity contribution in [2.75, 3.05) is 11.5 Å². The maximum atomic E-state index is 13.6. The topological polar surface area (TPSA) is 49.9 Å². The van der Waals surface area contributed by atoms with Crippen molar-refractivity contribution in [3.8, 4) is 0 Å². The van der Waals surface area contributed by atoms with Gasteiger partial charge in [0.15, 0.2) is 0 Å². The quantitative estimate of drug-likeness (QED) is 0.261. The number of anilines is 1. The van der Waals surface area contributed by atoms with Crippen molar-refractivity contribution in [3.05, 3.63) is 64.2 Å². The predicted octanol–water partition coefficient (Wildman–Crippen LogP) is 7.59. The summed E-state index contributed by atoms with van der Waals surface area (Å²) in [4.78, 5) is 27.2. The second-order valence-electron chi connectivity index (χ2n) is 9.69. The van der Waals surface area contributed by atoms with Gasteiger partial charge in [-0.3, -0.25) is 9.69 Å². The van der Waals surface area contributed by atoms with E-state index >= 15 is 0 Å². The van der Waals surface area contributed by atoms with E-state index in [1.54, 1.807) is 6.92 Å². The first-order valence-corrected chi connectivity index (χ1v) is 12.2. The van der Waals surface area contributed by atoms with Gasteiger partial charge in [0.25, 0.3) is 0 Å². The van der Waals surface area contributed by atoms with Crippen LogP contribution >= 0.6 is 0 Å². The Kier molecular flexibility index (Phi) is 7.76. The third-order valence-corrected chi connectivity index (χ3v) is 6.95. The zero-order valence-electron chi connectivity index (χ0n) is 20.8. The molecule has 0 N–H and O–H groups in total. The molecule has 2 amide bonds. The summed E-state index contributed by atoms with van der Waals surface area (Å²) in [7, 11) is 0. The van der Waals surface area contributed by atoms with E-state index in [0.29, 0.717) is 25.0 Å². The molecule has 2 atom stereocenters. The third-order valence-electron chi connectivity index (χ3n) is 6.95. The molecule has 2 aromatic rings. The Labute approximate surface area is 222 Å². The highest BCUT2D eigenvalue weighted by Gasteiger charge is 2.47. The molecule has 5 nitrogen and oxygen atoms in total. The molecule has 0 aromatic heterocycles. The molecule has 0 radical (unpaired) electrons. The lowest BCUT2D eigenvalue weighted by Crippen LogP contribution is -2.49. The van der Waals surface area contributed by atoms with E-state index in [1.165, 1.54) is 4.90 Å². The number of benzene rings is 2. The number of halogens is 9. The van der Waals surface area contributed by atoms with Gasteiger partial charge in [-0.25, -0.2) is 4.79 Å². The average Bonchev–Trinajstić information content (AvgIpc) is 3.70. The van der Waals surface area contributed by atoms with Crippen LogP contribution in [0.2, 0.25) is 0 Å². The number of hydrogen-bond acceptors (Lipinski definition) is 3. The molecule has 1 saturated carbocycles. The molecule has 1 aliphatic heterocycles. The highest BCUT2D eigenvalue weighted by Crippen LogP contribution is 2.49. The molecule has 40 heavy (non-hydrogen) atoms. The molecular formula is C26H23F9N2O3. The van der Waals surface area contributed by atoms with Crippen LogP contribution in [0, 0.1) is 5.92 Å². The minimum Gasteiger partial charge on any atom is -0.449 e. The molecule has 0 spiro atoms. The van der Waals surface area contributed by atoms with E-state index in [0.717, 1.165) is 23.1 Å². The van der Waals surface area contributed by atoms with E-state index in [1.807, 2.05) is 0 Å². The van der Waals surface area contributed by atoms with Gasteiger partial charge in [0.05, 0.1) is 35.0 Å². The first-order valence-electron chi connectivity index (χ1n) is 12.2. The zero-order chi connectivity index (χ0) is 29.6. The Bertz CT molecular complexity index is 1240. The van der Waals surface area contributed by atoms with Crippen LogP contribution in [0.5, 0.6) is 0 Å². The molecule has 2 aliphatic rings. The molecule has 0 saturated heterocycles. The number of rotatable bonds is 6. The first-order chi connectivity index (χ1) is 18.5. The summed E-state index contributed by atoms with van der Waals surface area (Å²) < 4.78 is 126. The lowest BCUT2D eigenvalue weighted by atomic mass is 9.86. The fraction of sp³-hybridized carbons (Fsp3) is 0.462. The molecule has 1 heterocycles. The summed E-state index contributed by atoms with van der Waals surface area (Å²) in [5.74, 6) is -0.0822. The fourth-order valence-corrected chi connectivity index (χ4v) is 5.02. The van der Waals surface area contributed by atoms with Crippen LogP contribution in [0.3, 0.4) is 0 Å². The first kappa shape index (κ1) is 29.5. The van der Waals surface area contributed by atoms with Gasteiger partial charge in [0.1, 0.15) is 0 Å². The largest absolute Gasteiger partial charge is 0.449 e. The van der Waals surface area contributed by atoms with Crippen molar-refractivity contribution < 1.29 is 53.8 Å². The fourth-order valence-electron chi connectivity index (χ4n) is 5.02. The number of nitrogens with zero attached hydrogens (tertiary/aromatic N) is 2. The summed E-state index contributed by atoms with van der Waals surface area (Å²) in [5.41, 5.74) is -4.90. The molecule has 4 rings (SSSR count). The van der Waals surface area contributed by atoms with Gasteiger partial charge in [0, 0.05) is 12.6 Å². The predicted molar refractivity (Wildman–Crippen MR) is 123 cm³/mol. The van der Waals surface area contributed by atoms with Crippen molar-refractivity contribution in [1.29, 1.82) is 0 Å². The van der Waals surface area contributed by atoms with E-state index < -0.39 is 65.5 Å². The molecule has 218 valence electrons. The zero-order valence-corrected chi connectivity index (χ0v) is 20.8. The second-order valence-corrected chi connectivity index (χ2v) is 9.69. The number of alkyl halides is 9. The Morgan fingerprint density at radius 2 is 1.50 bits per heavy atom. The molecule has 1 aliphatic carbocycles. The number of fused-ring (bicyclic) bond motifs is 1. The standard InChI is InChI=1S/C26H23F9N2O3/c1-2-40-23(39)37-20-6-5-16(24(27,28)29)10-19(20)22(11-21(37)15-3-4-15)36(13-38)12-14-7-17(25(30,31)32)9-18(8-14)26(33,34)35/h5-10,13,15,21-22H,2-4,11-12H2,1H3. The van der Waals surface area contributed by atoms with Gasteiger partial charge in [0.2, 0.25) is 6.41 Å². The maximum Gasteiger partial charge on any atom is 0.416 e. The number of amides is 2. The van der Waals surface area contributed by atoms with Gasteiger partial charge in [-0.15, -0.1) is 0 Å². The Morgan fingerprint density at radius 1 is 0.925 bits per heavy atom. The van der Waals surface area contributed by atoms with Gasteiger partial charge >= 0.3 is 24.6 Å². The molecule has 2 aromatic carbocycles. The van der Waals surface area contributed by atoms with Crippen molar-refractivity contribution in [2.45, 2.75) is 63.3 Å². The van der Waals surface area contributed by atoms with Crippen molar-refractivity contribution in [1.82, 2.24) is 4.90 Å². The van der Waals surface area contributed by atoms with Gasteiger partial charge in [-0.2, -0.15) is 39.5 Å². The van der Waals surface area contributed by atoms with E-state index in [-0.39, 0.29) is 42.7 Å². The lowest BCUT2D eigenvalue weighted by molar-refractivity contribution is -0.143. The van der Waals surface area contributed by atoms with Gasteiger partial charge < -0.3 is 9.64 Å². The Hall–Kier alpha value is -3.45. The third kappa shape index (κ3) is 6.15. The molecule has 14 heteroatoms. The van der Waals surface area contributed by atoms with Crippen LogP contribution in [0.25, 0.3) is 0 Å². The lowest BCUT2D eigenvalue weighted by Gasteiger charge is -2.43. The number of carbonyl (C=O) groups is 2. The number of hydrogen-bond donors (Lipinski definition) is 0. The maximum absolute atomic E-state index is 13.6. The van der Waals surface area contributed by atoms with Crippen molar-refractivity contribution in [3.63, 3.8) is 0 Å². The molecule has 2 unspecified atom stereocenters. The highest BCUT2D eigenvalue weighted by molar-refractivity contribution is 5.90. The normalized spacial score (nSPS) is 19.7. The number of ether oxygens (including phenoxy) is 1. The van der Waals surface area contributed by atoms with Crippen LogP contribution in [-0.4, -0.2) is 30.1 Å². The second kappa shape index (κ2) is 10.5. The summed E-state index contributed by atoms with van der Waals surface area (Å²) in [6.45, 7) is 0.764. The Morgan fingerprint density at radius 3 is 1.98 bits per heavy atom. The summed E-state index contributed by atoms with van der Waals surface area (Å²) >= 11 is 0. The van der Waals surface area contributed by atoms with Gasteiger partial charge in [-0.1, -0.05) is 0 Å². The molecular weight excluding hydrogens is 559 g/mol. The van der Waals surface area contributed by atoms with Crippen LogP contribution in [0.15, 0.2) is 36.4 Å². The minimum atomic E-state index is -5.13. The monoisotopic (exact) mass is 582 g/mol. The van der Waals surface area contributed by atoms with Crippen molar-refractivity contribution in [2.24, 2.45) is 5.92 Å². The minimum absolute atomic E-state index is 0.0199. The SMILES string of the molecule is CCOC(=O)N1c2ccc(C(F)(F)F)cc2C(N(C=O)Cc2cc(C(F)(F)F)cc(C(F)(F)F)c2)CC1C1CC1. The average molecular weight is 582 g/mol. The highest BCUT2D eigenvalue weighted by atomic mass is 19.4. The smallest absolute Gasteiger partial charge is 0.416 e. The summed E-state index contributed by atoms with van der Waals surface area (Å²) in [5, 5.41) is 0. The van der Waals surface area contributed by atoms with Crippen molar-refractivity contribution >= 4 is 18.2 Å². The van der Waals surface area contributed by atoms with E-state index in [2.05, 4.69) is 0 Å². The molecule has 1 fully saturated rings. The van der Waals surface area contributed by atoms with Crippen LogP contribution in [0.1, 0.15) is 60.0 Å². The van der Waals surface area contributed by atoms with E-state index in [4.69, 9.17) is 4.74 Å². The van der Waals surface area contributed by atoms with E-state index in [9.17, 15) is 49.1 Å². The van der Waals surface area contributed by atoms with Crippen LogP contribution in [0.4, 0.5) is 50.0 Å². The molecule has 0 bridgehead atoms. The summed E-state index contributed by atoms with van der Waals surface area (Å²) in [6.07, 6.45) is -14.5. The van der Waals surface area contributed by atoms with Crippen LogP contribution in [-0.2, 0) is 34.6 Å². The summed E-state index contributed by atoms with van der Waals surface area (Å²) in [6, 6.07) is 1.62. The van der Waals surface area contributed by atoms with Gasteiger partial charge in [-0.05, 0) is 79.6 Å². The van der Waals surface area contributed by atoms with Crippen LogP contribution < -0.4 is 4.90 Å². The number of carbonyl (C=O) groups excluding carboxylic acids is 2.